The van der Waals surface area contributed by atoms with E-state index in [0.29, 0.717) is 19.0 Å². The van der Waals surface area contributed by atoms with Gasteiger partial charge >= 0.3 is 5.97 Å². The molecule has 2 rings (SSSR count). The van der Waals surface area contributed by atoms with Gasteiger partial charge in [0.15, 0.2) is 5.69 Å². The summed E-state index contributed by atoms with van der Waals surface area (Å²) in [5, 5.41) is 12.3. The summed E-state index contributed by atoms with van der Waals surface area (Å²) in [6, 6.07) is 1.18. The predicted molar refractivity (Wildman–Crippen MR) is 66.9 cm³/mol. The second-order valence-electron chi connectivity index (χ2n) is 5.98. The summed E-state index contributed by atoms with van der Waals surface area (Å²) in [5.41, 5.74) is 0.220. The van der Waals surface area contributed by atoms with E-state index in [1.807, 2.05) is 0 Å². The first-order valence-corrected chi connectivity index (χ1v) is 6.28. The molecule has 1 N–H and O–H groups in total. The van der Waals surface area contributed by atoms with Crippen molar-refractivity contribution in [1.82, 2.24) is 10.1 Å². The Bertz CT molecular complexity index is 501. The van der Waals surface area contributed by atoms with Crippen LogP contribution in [0.15, 0.2) is 10.6 Å². The zero-order chi connectivity index (χ0) is 14.2. The highest BCUT2D eigenvalue weighted by Gasteiger charge is 2.35. The Morgan fingerprint density at radius 3 is 2.63 bits per heavy atom. The van der Waals surface area contributed by atoms with E-state index in [2.05, 4.69) is 30.5 Å². The van der Waals surface area contributed by atoms with Gasteiger partial charge in [0.1, 0.15) is 0 Å². The van der Waals surface area contributed by atoms with Crippen LogP contribution in [0.4, 0.5) is 0 Å². The normalized spacial score (nSPS) is 19.7. The zero-order valence-electron chi connectivity index (χ0n) is 11.3. The molecule has 1 aromatic rings. The highest BCUT2D eigenvalue weighted by molar-refractivity contribution is 5.95. The van der Waals surface area contributed by atoms with Gasteiger partial charge in [0, 0.05) is 19.2 Å². The molecule has 19 heavy (non-hydrogen) atoms. The summed E-state index contributed by atoms with van der Waals surface area (Å²) < 4.78 is 4.60. The van der Waals surface area contributed by atoms with Crippen molar-refractivity contribution in [1.29, 1.82) is 0 Å². The summed E-state index contributed by atoms with van der Waals surface area (Å²) in [4.78, 5) is 24.6. The summed E-state index contributed by atoms with van der Waals surface area (Å²) in [7, 11) is 0. The monoisotopic (exact) mass is 266 g/mol. The Kier molecular flexibility index (Phi) is 3.34. The Morgan fingerprint density at radius 1 is 1.47 bits per heavy atom. The van der Waals surface area contributed by atoms with Crippen LogP contribution < -0.4 is 0 Å². The number of carboxylic acids is 1. The molecule has 0 radical (unpaired) electrons. The molecular formula is C13H18N2O4. The van der Waals surface area contributed by atoms with Crippen LogP contribution in [0.2, 0.25) is 0 Å². The van der Waals surface area contributed by atoms with Gasteiger partial charge in [-0.3, -0.25) is 4.79 Å². The lowest BCUT2D eigenvalue weighted by molar-refractivity contribution is 0.0649. The van der Waals surface area contributed by atoms with E-state index in [1.165, 1.54) is 6.07 Å². The van der Waals surface area contributed by atoms with Crippen molar-refractivity contribution in [2.45, 2.75) is 27.2 Å². The third-order valence-corrected chi connectivity index (χ3v) is 3.64. The molecule has 0 aromatic carbocycles. The molecule has 1 fully saturated rings. The molecule has 1 amide bonds. The van der Waals surface area contributed by atoms with E-state index in [9.17, 15) is 9.59 Å². The number of carbonyl (C=O) groups is 2. The second-order valence-corrected chi connectivity index (χ2v) is 5.98. The highest BCUT2D eigenvalue weighted by atomic mass is 16.5. The van der Waals surface area contributed by atoms with Gasteiger partial charge in [-0.05, 0) is 17.8 Å². The molecule has 1 aliphatic rings. The zero-order valence-corrected chi connectivity index (χ0v) is 11.3. The first-order valence-electron chi connectivity index (χ1n) is 6.28. The molecule has 6 nitrogen and oxygen atoms in total. The van der Waals surface area contributed by atoms with E-state index in [0.717, 1.165) is 6.42 Å². The lowest BCUT2D eigenvalue weighted by Crippen LogP contribution is -2.31. The summed E-state index contributed by atoms with van der Waals surface area (Å²) in [6.07, 6.45) is 0.957. The van der Waals surface area contributed by atoms with Crippen LogP contribution in [0.25, 0.3) is 0 Å². The number of carbonyl (C=O) groups excluding carboxylic acids is 1. The third-order valence-electron chi connectivity index (χ3n) is 3.64. The van der Waals surface area contributed by atoms with Crippen molar-refractivity contribution >= 4 is 11.9 Å². The number of carboxylic acid groups (broad SMARTS) is 1. The quantitative estimate of drug-likeness (QED) is 0.883. The molecule has 104 valence electrons. The minimum absolute atomic E-state index is 0.0620. The lowest BCUT2D eigenvalue weighted by atomic mass is 9.80. The molecule has 1 unspecified atom stereocenters. The van der Waals surface area contributed by atoms with Gasteiger partial charge in [-0.15, -0.1) is 0 Å². The van der Waals surface area contributed by atoms with Crippen LogP contribution in [-0.2, 0) is 0 Å². The molecule has 0 saturated carbocycles. The van der Waals surface area contributed by atoms with E-state index in [-0.39, 0.29) is 22.8 Å². The first-order chi connectivity index (χ1) is 8.79. The van der Waals surface area contributed by atoms with Crippen molar-refractivity contribution < 1.29 is 19.2 Å². The van der Waals surface area contributed by atoms with Gasteiger partial charge in [-0.2, -0.15) is 0 Å². The number of hydrogen-bond acceptors (Lipinski definition) is 4. The number of aromatic nitrogens is 1. The minimum Gasteiger partial charge on any atom is -0.475 e. The topological polar surface area (TPSA) is 83.6 Å². The number of hydrogen-bond donors (Lipinski definition) is 1. The van der Waals surface area contributed by atoms with Crippen molar-refractivity contribution in [3.05, 3.63) is 17.5 Å². The van der Waals surface area contributed by atoms with Gasteiger partial charge in [0.25, 0.3) is 5.91 Å². The molecule has 0 aliphatic carbocycles. The Hall–Kier alpha value is -1.85. The maximum Gasteiger partial charge on any atom is 0.374 e. The summed E-state index contributed by atoms with van der Waals surface area (Å²) >= 11 is 0. The molecule has 1 saturated heterocycles. The predicted octanol–water partition coefficient (Wildman–Crippen LogP) is 1.88. The van der Waals surface area contributed by atoms with Gasteiger partial charge in [0.2, 0.25) is 5.76 Å². The first kappa shape index (κ1) is 13.6. The van der Waals surface area contributed by atoms with E-state index < -0.39 is 5.97 Å². The Morgan fingerprint density at radius 2 is 2.16 bits per heavy atom. The van der Waals surface area contributed by atoms with Gasteiger partial charge in [-0.25, -0.2) is 4.79 Å². The molecule has 0 spiro atoms. The van der Waals surface area contributed by atoms with Gasteiger partial charge < -0.3 is 14.5 Å². The number of likely N-dealkylation sites (tertiary alicyclic amines) is 1. The average molecular weight is 266 g/mol. The highest BCUT2D eigenvalue weighted by Crippen LogP contribution is 2.33. The maximum atomic E-state index is 12.2. The van der Waals surface area contributed by atoms with Gasteiger partial charge in [0.05, 0.1) is 0 Å². The van der Waals surface area contributed by atoms with Crippen LogP contribution in [0.3, 0.4) is 0 Å². The molecule has 6 heteroatoms. The molecular weight excluding hydrogens is 248 g/mol. The average Bonchev–Trinajstić information content (AvgIpc) is 2.97. The summed E-state index contributed by atoms with van der Waals surface area (Å²) in [5.74, 6) is -1.35. The summed E-state index contributed by atoms with van der Waals surface area (Å²) in [6.45, 7) is 7.83. The SMILES string of the molecule is CC(C)(C)C1CCN(C(=O)c2cc(C(=O)O)on2)C1. The standard InChI is InChI=1S/C13H18N2O4/c1-13(2,3)8-4-5-15(7-8)11(16)9-6-10(12(17)18)19-14-9/h6,8H,4-5,7H2,1-3H3,(H,17,18). The molecule has 1 aromatic heterocycles. The minimum atomic E-state index is -1.22. The van der Waals surface area contributed by atoms with E-state index in [1.54, 1.807) is 4.90 Å². The van der Waals surface area contributed by atoms with E-state index in [4.69, 9.17) is 5.11 Å². The third kappa shape index (κ3) is 2.77. The smallest absolute Gasteiger partial charge is 0.374 e. The lowest BCUT2D eigenvalue weighted by Gasteiger charge is -2.26. The van der Waals surface area contributed by atoms with Crippen molar-refractivity contribution in [3.8, 4) is 0 Å². The van der Waals surface area contributed by atoms with Crippen molar-refractivity contribution in [3.63, 3.8) is 0 Å². The van der Waals surface area contributed by atoms with Crippen LogP contribution in [0.5, 0.6) is 0 Å². The Balaban J connectivity index is 2.07. The van der Waals surface area contributed by atoms with Crippen molar-refractivity contribution in [2.24, 2.45) is 11.3 Å². The number of aromatic carboxylic acids is 1. The van der Waals surface area contributed by atoms with Crippen LogP contribution in [0.1, 0.15) is 48.2 Å². The molecule has 1 aliphatic heterocycles. The Labute approximate surface area is 111 Å². The fourth-order valence-electron chi connectivity index (χ4n) is 2.29. The van der Waals surface area contributed by atoms with E-state index >= 15 is 0 Å². The fraction of sp³-hybridized carbons (Fsp3) is 0.615. The van der Waals surface area contributed by atoms with Crippen LogP contribution in [0, 0.1) is 11.3 Å². The number of rotatable bonds is 2. The fourth-order valence-corrected chi connectivity index (χ4v) is 2.29. The largest absolute Gasteiger partial charge is 0.475 e. The van der Waals surface area contributed by atoms with Crippen LogP contribution >= 0.6 is 0 Å². The molecule has 1 atom stereocenters. The van der Waals surface area contributed by atoms with Gasteiger partial charge in [-0.1, -0.05) is 25.9 Å². The number of amides is 1. The maximum absolute atomic E-state index is 12.2. The van der Waals surface area contributed by atoms with Crippen molar-refractivity contribution in [2.75, 3.05) is 13.1 Å². The molecule has 0 bridgehead atoms. The second kappa shape index (κ2) is 4.68. The number of nitrogens with zero attached hydrogens (tertiary/aromatic N) is 2. The van der Waals surface area contributed by atoms with Crippen LogP contribution in [-0.4, -0.2) is 40.1 Å². The molecule has 2 heterocycles.